The van der Waals surface area contributed by atoms with E-state index < -0.39 is 11.4 Å². The largest absolute Gasteiger partial charge is 0.481 e. The Bertz CT molecular complexity index is 478. The van der Waals surface area contributed by atoms with E-state index >= 15 is 0 Å². The summed E-state index contributed by atoms with van der Waals surface area (Å²) in [6.45, 7) is 0.631. The summed E-state index contributed by atoms with van der Waals surface area (Å²) >= 11 is 0. The van der Waals surface area contributed by atoms with Crippen molar-refractivity contribution in [1.82, 2.24) is 5.32 Å². The molecule has 1 aromatic carbocycles. The van der Waals surface area contributed by atoms with Gasteiger partial charge in [-0.05, 0) is 37.6 Å². The molecule has 1 aliphatic carbocycles. The van der Waals surface area contributed by atoms with Gasteiger partial charge < -0.3 is 15.7 Å². The van der Waals surface area contributed by atoms with Crippen molar-refractivity contribution in [1.29, 1.82) is 0 Å². The molecule has 0 aliphatic heterocycles. The second-order valence-corrected chi connectivity index (χ2v) is 4.87. The Balaban J connectivity index is 1.99. The second-order valence-electron chi connectivity index (χ2n) is 4.87. The van der Waals surface area contributed by atoms with Gasteiger partial charge in [0, 0.05) is 18.7 Å². The van der Waals surface area contributed by atoms with Crippen LogP contribution in [0.2, 0.25) is 0 Å². The molecule has 0 aromatic heterocycles. The van der Waals surface area contributed by atoms with Gasteiger partial charge in [-0.2, -0.15) is 0 Å². The Morgan fingerprint density at radius 2 is 1.89 bits per heavy atom. The van der Waals surface area contributed by atoms with Crippen molar-refractivity contribution in [3.05, 3.63) is 29.8 Å². The highest BCUT2D eigenvalue weighted by Gasteiger charge is 2.51. The van der Waals surface area contributed by atoms with E-state index in [4.69, 9.17) is 0 Å². The first-order valence-electron chi connectivity index (χ1n) is 6.37. The fourth-order valence-electron chi connectivity index (χ4n) is 2.09. The minimum Gasteiger partial charge on any atom is -0.481 e. The monoisotopic (exact) mass is 262 g/mol. The smallest absolute Gasteiger partial charge is 0.314 e. The van der Waals surface area contributed by atoms with Gasteiger partial charge in [-0.1, -0.05) is 12.1 Å². The summed E-state index contributed by atoms with van der Waals surface area (Å²) in [5, 5.41) is 14.9. The summed E-state index contributed by atoms with van der Waals surface area (Å²) in [7, 11) is 1.79. The number of hydrogen-bond acceptors (Lipinski definition) is 3. The lowest BCUT2D eigenvalue weighted by atomic mass is 9.96. The average Bonchev–Trinajstić information content (AvgIpc) is 3.19. The van der Waals surface area contributed by atoms with Crippen LogP contribution >= 0.6 is 0 Å². The van der Waals surface area contributed by atoms with Gasteiger partial charge in [0.25, 0.3) is 0 Å². The van der Waals surface area contributed by atoms with Crippen LogP contribution in [0.25, 0.3) is 0 Å². The van der Waals surface area contributed by atoms with E-state index in [1.165, 1.54) is 0 Å². The fourth-order valence-corrected chi connectivity index (χ4v) is 2.09. The van der Waals surface area contributed by atoms with E-state index in [1.807, 2.05) is 0 Å². The molecule has 0 heterocycles. The number of carboxylic acids is 1. The fraction of sp³-hybridized carbons (Fsp3) is 0.429. The molecule has 1 amide bonds. The van der Waals surface area contributed by atoms with Crippen molar-refractivity contribution < 1.29 is 14.7 Å². The minimum absolute atomic E-state index is 0.0542. The van der Waals surface area contributed by atoms with Gasteiger partial charge in [0.2, 0.25) is 5.91 Å². The number of anilines is 1. The maximum absolute atomic E-state index is 11.5. The highest BCUT2D eigenvalue weighted by Crippen LogP contribution is 2.48. The van der Waals surface area contributed by atoms with E-state index in [9.17, 15) is 14.7 Å². The third kappa shape index (κ3) is 2.93. The number of carboxylic acid groups (broad SMARTS) is 1. The summed E-state index contributed by atoms with van der Waals surface area (Å²) in [6, 6.07) is 7.09. The van der Waals surface area contributed by atoms with Crippen LogP contribution in [0.15, 0.2) is 24.3 Å². The molecular weight excluding hydrogens is 244 g/mol. The second kappa shape index (κ2) is 5.40. The van der Waals surface area contributed by atoms with E-state index in [0.717, 1.165) is 5.56 Å². The average molecular weight is 262 g/mol. The van der Waals surface area contributed by atoms with Gasteiger partial charge in [0.1, 0.15) is 0 Å². The molecular formula is C14H18N2O3. The summed E-state index contributed by atoms with van der Waals surface area (Å²) in [6.07, 6.45) is 1.80. The van der Waals surface area contributed by atoms with Crippen molar-refractivity contribution in [2.45, 2.75) is 24.7 Å². The van der Waals surface area contributed by atoms with Crippen LogP contribution in [0.1, 0.15) is 24.8 Å². The minimum atomic E-state index is -0.765. The molecule has 1 aliphatic rings. The zero-order valence-electron chi connectivity index (χ0n) is 10.9. The molecule has 19 heavy (non-hydrogen) atoms. The molecule has 3 N–H and O–H groups in total. The van der Waals surface area contributed by atoms with Crippen molar-refractivity contribution in [3.63, 3.8) is 0 Å². The number of rotatable bonds is 6. The Morgan fingerprint density at radius 1 is 1.26 bits per heavy atom. The molecule has 0 bridgehead atoms. The molecule has 2 rings (SSSR count). The van der Waals surface area contributed by atoms with Crippen LogP contribution in [0.3, 0.4) is 0 Å². The molecule has 0 saturated heterocycles. The van der Waals surface area contributed by atoms with Crippen molar-refractivity contribution >= 4 is 17.6 Å². The first-order chi connectivity index (χ1) is 9.08. The lowest BCUT2D eigenvalue weighted by Crippen LogP contribution is -2.20. The SMILES string of the molecule is CNCCC(=O)Nc1ccc(C2(C(=O)O)CC2)cc1. The van der Waals surface area contributed by atoms with Crippen LogP contribution < -0.4 is 10.6 Å². The predicted octanol–water partition coefficient (Wildman–Crippen LogP) is 1.35. The Morgan fingerprint density at radius 3 is 2.37 bits per heavy atom. The summed E-state index contributed by atoms with van der Waals surface area (Å²) < 4.78 is 0. The number of carbonyl (C=O) groups excluding carboxylic acids is 1. The number of amides is 1. The first kappa shape index (κ1) is 13.5. The quantitative estimate of drug-likeness (QED) is 0.723. The zero-order valence-corrected chi connectivity index (χ0v) is 10.9. The first-order valence-corrected chi connectivity index (χ1v) is 6.37. The van der Waals surface area contributed by atoms with Crippen molar-refractivity contribution in [2.75, 3.05) is 18.9 Å². The van der Waals surface area contributed by atoms with Crippen molar-refractivity contribution in [2.24, 2.45) is 0 Å². The van der Waals surface area contributed by atoms with Gasteiger partial charge in [-0.3, -0.25) is 9.59 Å². The Hall–Kier alpha value is -1.88. The van der Waals surface area contributed by atoms with Crippen LogP contribution in [-0.2, 0) is 15.0 Å². The molecule has 0 atom stereocenters. The molecule has 5 nitrogen and oxygen atoms in total. The van der Waals surface area contributed by atoms with Gasteiger partial charge in [-0.25, -0.2) is 0 Å². The Labute approximate surface area is 112 Å². The third-order valence-corrected chi connectivity index (χ3v) is 3.48. The summed E-state index contributed by atoms with van der Waals surface area (Å²) in [4.78, 5) is 22.7. The molecule has 1 fully saturated rings. The summed E-state index contributed by atoms with van der Waals surface area (Å²) in [5.74, 6) is -0.820. The topological polar surface area (TPSA) is 78.4 Å². The van der Waals surface area contributed by atoms with Gasteiger partial charge in [0.15, 0.2) is 0 Å². The van der Waals surface area contributed by atoms with Crippen molar-refractivity contribution in [3.8, 4) is 0 Å². The number of hydrogen-bond donors (Lipinski definition) is 3. The van der Waals surface area contributed by atoms with Gasteiger partial charge in [-0.15, -0.1) is 0 Å². The van der Waals surface area contributed by atoms with Gasteiger partial charge in [0.05, 0.1) is 5.41 Å². The molecule has 1 saturated carbocycles. The molecule has 0 unspecified atom stereocenters. The van der Waals surface area contributed by atoms with E-state index in [-0.39, 0.29) is 5.91 Å². The van der Waals surface area contributed by atoms with Crippen LogP contribution in [0.4, 0.5) is 5.69 Å². The highest BCUT2D eigenvalue weighted by atomic mass is 16.4. The van der Waals surface area contributed by atoms with Crippen LogP contribution in [-0.4, -0.2) is 30.6 Å². The van der Waals surface area contributed by atoms with E-state index in [0.29, 0.717) is 31.5 Å². The number of benzene rings is 1. The molecule has 0 spiro atoms. The lowest BCUT2D eigenvalue weighted by molar-refractivity contribution is -0.140. The normalized spacial score (nSPS) is 15.8. The molecule has 5 heteroatoms. The van der Waals surface area contributed by atoms with E-state index in [2.05, 4.69) is 10.6 Å². The summed E-state index contributed by atoms with van der Waals surface area (Å²) in [5.41, 5.74) is 0.827. The predicted molar refractivity (Wildman–Crippen MR) is 72.2 cm³/mol. The molecule has 102 valence electrons. The van der Waals surface area contributed by atoms with Gasteiger partial charge >= 0.3 is 5.97 Å². The zero-order chi connectivity index (χ0) is 13.9. The maximum Gasteiger partial charge on any atom is 0.314 e. The third-order valence-electron chi connectivity index (χ3n) is 3.48. The Kier molecular flexibility index (Phi) is 3.85. The standard InChI is InChI=1S/C14H18N2O3/c1-15-9-6-12(17)16-11-4-2-10(3-5-11)14(7-8-14)13(18)19/h2-5,15H,6-9H2,1H3,(H,16,17)(H,18,19). The molecule has 1 aromatic rings. The number of carbonyl (C=O) groups is 2. The van der Waals surface area contributed by atoms with Crippen LogP contribution in [0, 0.1) is 0 Å². The van der Waals surface area contributed by atoms with E-state index in [1.54, 1.807) is 31.3 Å². The van der Waals surface area contributed by atoms with Crippen LogP contribution in [0.5, 0.6) is 0 Å². The maximum atomic E-state index is 11.5. The molecule has 0 radical (unpaired) electrons. The number of aliphatic carboxylic acids is 1. The highest BCUT2D eigenvalue weighted by molar-refractivity contribution is 5.91. The lowest BCUT2D eigenvalue weighted by Gasteiger charge is -2.11. The number of nitrogens with one attached hydrogen (secondary N) is 2.